The van der Waals surface area contributed by atoms with E-state index in [0.717, 1.165) is 17.4 Å². The highest BCUT2D eigenvalue weighted by atomic mass is 32.2. The highest BCUT2D eigenvalue weighted by Crippen LogP contribution is 2.31. The van der Waals surface area contributed by atoms with Crippen LogP contribution in [-0.2, 0) is 9.84 Å². The zero-order chi connectivity index (χ0) is 14.9. The Labute approximate surface area is 118 Å². The van der Waals surface area contributed by atoms with E-state index in [-0.39, 0.29) is 10.8 Å². The van der Waals surface area contributed by atoms with Crippen LogP contribution >= 0.6 is 0 Å². The van der Waals surface area contributed by atoms with Crippen molar-refractivity contribution in [2.24, 2.45) is 0 Å². The van der Waals surface area contributed by atoms with Crippen LogP contribution in [0.2, 0.25) is 0 Å². The van der Waals surface area contributed by atoms with Crippen molar-refractivity contribution in [3.05, 3.63) is 41.6 Å². The van der Waals surface area contributed by atoms with Crippen molar-refractivity contribution in [2.75, 3.05) is 12.0 Å². The first-order valence-corrected chi connectivity index (χ1v) is 7.88. The largest absolute Gasteiger partial charge is 0.437 e. The van der Waals surface area contributed by atoms with E-state index in [1.54, 1.807) is 18.2 Å². The van der Waals surface area contributed by atoms with E-state index in [9.17, 15) is 8.42 Å². The van der Waals surface area contributed by atoms with E-state index >= 15 is 0 Å². The van der Waals surface area contributed by atoms with E-state index in [1.165, 1.54) is 12.3 Å². The molecule has 2 N–H and O–H groups in total. The maximum atomic E-state index is 11.7. The van der Waals surface area contributed by atoms with Crippen LogP contribution in [0.15, 0.2) is 35.4 Å². The van der Waals surface area contributed by atoms with Crippen molar-refractivity contribution in [3.8, 4) is 11.6 Å². The fourth-order valence-electron chi connectivity index (χ4n) is 1.76. The number of anilines is 1. The second-order valence-electron chi connectivity index (χ2n) is 4.66. The van der Waals surface area contributed by atoms with Crippen LogP contribution in [0.5, 0.6) is 11.6 Å². The zero-order valence-electron chi connectivity index (χ0n) is 11.5. The fraction of sp³-hybridized carbons (Fsp3) is 0.214. The normalized spacial score (nSPS) is 11.3. The second-order valence-corrected chi connectivity index (χ2v) is 6.64. The second kappa shape index (κ2) is 5.13. The average Bonchev–Trinajstić information content (AvgIpc) is 2.35. The molecule has 0 radical (unpaired) electrons. The van der Waals surface area contributed by atoms with Crippen LogP contribution in [-0.4, -0.2) is 19.7 Å². The molecule has 0 aliphatic carbocycles. The summed E-state index contributed by atoms with van der Waals surface area (Å²) < 4.78 is 29.1. The maximum absolute atomic E-state index is 11.7. The smallest absolute Gasteiger partial charge is 0.238 e. The Balaban J connectivity index is 2.49. The molecule has 0 spiro atoms. The van der Waals surface area contributed by atoms with Crippen LogP contribution < -0.4 is 10.5 Å². The van der Waals surface area contributed by atoms with E-state index in [4.69, 9.17) is 10.5 Å². The average molecular weight is 292 g/mol. The van der Waals surface area contributed by atoms with Gasteiger partial charge in [-0.3, -0.25) is 0 Å². The topological polar surface area (TPSA) is 82.3 Å². The van der Waals surface area contributed by atoms with Crippen molar-refractivity contribution in [1.82, 2.24) is 4.98 Å². The summed E-state index contributed by atoms with van der Waals surface area (Å²) in [5.74, 6) is 0.613. The van der Waals surface area contributed by atoms with Gasteiger partial charge < -0.3 is 10.5 Å². The van der Waals surface area contributed by atoms with Gasteiger partial charge in [-0.2, -0.15) is 0 Å². The predicted molar refractivity (Wildman–Crippen MR) is 77.7 cm³/mol. The molecule has 0 fully saturated rings. The van der Waals surface area contributed by atoms with E-state index in [1.807, 2.05) is 13.8 Å². The Bertz CT molecular complexity index is 755. The number of rotatable bonds is 3. The van der Waals surface area contributed by atoms with E-state index in [2.05, 4.69) is 4.98 Å². The van der Waals surface area contributed by atoms with Gasteiger partial charge in [0.05, 0.1) is 0 Å². The zero-order valence-corrected chi connectivity index (χ0v) is 12.4. The molecule has 0 bridgehead atoms. The fourth-order valence-corrected chi connectivity index (χ4v) is 2.50. The molecule has 20 heavy (non-hydrogen) atoms. The minimum absolute atomic E-state index is 0.0638. The van der Waals surface area contributed by atoms with Gasteiger partial charge in [0.15, 0.2) is 9.84 Å². The Hall–Kier alpha value is -2.08. The van der Waals surface area contributed by atoms with Crippen LogP contribution in [0.4, 0.5) is 5.69 Å². The first-order valence-electron chi connectivity index (χ1n) is 5.98. The number of ether oxygens (including phenoxy) is 1. The molecule has 5 nitrogen and oxygen atoms in total. The van der Waals surface area contributed by atoms with Gasteiger partial charge in [-0.05, 0) is 49.2 Å². The third-order valence-corrected chi connectivity index (χ3v) is 4.02. The van der Waals surface area contributed by atoms with Gasteiger partial charge in [0.1, 0.15) is 10.6 Å². The third-order valence-electron chi connectivity index (χ3n) is 2.91. The molecule has 1 aromatic carbocycles. The van der Waals surface area contributed by atoms with Gasteiger partial charge in [0, 0.05) is 18.1 Å². The van der Waals surface area contributed by atoms with Gasteiger partial charge in [0.25, 0.3) is 0 Å². The van der Waals surface area contributed by atoms with Gasteiger partial charge in [-0.15, -0.1) is 0 Å². The lowest BCUT2D eigenvalue weighted by Crippen LogP contribution is -2.02. The van der Waals surface area contributed by atoms with E-state index < -0.39 is 9.84 Å². The first-order chi connectivity index (χ1) is 9.29. The lowest BCUT2D eigenvalue weighted by molar-refractivity contribution is 0.444. The van der Waals surface area contributed by atoms with Gasteiger partial charge in [-0.1, -0.05) is 0 Å². The molecule has 106 valence electrons. The summed E-state index contributed by atoms with van der Waals surface area (Å²) >= 11 is 0. The Kier molecular flexibility index (Phi) is 3.67. The highest BCUT2D eigenvalue weighted by molar-refractivity contribution is 7.90. The number of nitrogen functional groups attached to an aromatic ring is 1. The summed E-state index contributed by atoms with van der Waals surface area (Å²) in [6.07, 6.45) is 2.61. The molecule has 0 amide bonds. The molecule has 2 rings (SSSR count). The molecule has 0 atom stereocenters. The molecule has 1 heterocycles. The standard InChI is InChI=1S/C14H16N2O3S/c1-9-8-12(10(2)7-11(9)15)19-14-13(20(3,17)18)5-4-6-16-14/h4-8H,15H2,1-3H3. The number of pyridine rings is 1. The molecule has 0 saturated carbocycles. The van der Waals surface area contributed by atoms with Gasteiger partial charge in [-0.25, -0.2) is 13.4 Å². The number of nitrogens with two attached hydrogens (primary N) is 1. The number of aromatic nitrogens is 1. The summed E-state index contributed by atoms with van der Waals surface area (Å²) in [6, 6.07) is 6.58. The molecule has 2 aromatic rings. The predicted octanol–water partition coefficient (Wildman–Crippen LogP) is 2.48. The lowest BCUT2D eigenvalue weighted by atomic mass is 10.1. The van der Waals surface area contributed by atoms with Gasteiger partial charge in [0.2, 0.25) is 5.88 Å². The van der Waals surface area contributed by atoms with Crippen LogP contribution in [0, 0.1) is 13.8 Å². The minimum atomic E-state index is -3.40. The molecule has 1 aromatic heterocycles. The highest BCUT2D eigenvalue weighted by Gasteiger charge is 2.16. The number of nitrogens with zero attached hydrogens (tertiary/aromatic N) is 1. The number of benzene rings is 1. The van der Waals surface area contributed by atoms with Crippen molar-refractivity contribution in [1.29, 1.82) is 0 Å². The quantitative estimate of drug-likeness (QED) is 0.879. The Morgan fingerprint density at radius 1 is 1.20 bits per heavy atom. The summed E-state index contributed by atoms with van der Waals surface area (Å²) in [4.78, 5) is 4.06. The summed E-state index contributed by atoms with van der Waals surface area (Å²) in [7, 11) is -3.40. The molecule has 0 unspecified atom stereocenters. The van der Waals surface area contributed by atoms with Crippen LogP contribution in [0.25, 0.3) is 0 Å². The minimum Gasteiger partial charge on any atom is -0.437 e. The molecule has 0 aliphatic rings. The molecule has 0 aliphatic heterocycles. The summed E-state index contributed by atoms with van der Waals surface area (Å²) in [5, 5.41) is 0. The third kappa shape index (κ3) is 2.91. The number of hydrogen-bond acceptors (Lipinski definition) is 5. The summed E-state index contributed by atoms with van der Waals surface area (Å²) in [6.45, 7) is 3.70. The lowest BCUT2D eigenvalue weighted by Gasteiger charge is -2.12. The molecular weight excluding hydrogens is 276 g/mol. The molecular formula is C14H16N2O3S. The maximum Gasteiger partial charge on any atom is 0.238 e. The number of aryl methyl sites for hydroxylation is 2. The van der Waals surface area contributed by atoms with Crippen molar-refractivity contribution in [2.45, 2.75) is 18.7 Å². The Morgan fingerprint density at radius 3 is 2.55 bits per heavy atom. The van der Waals surface area contributed by atoms with Crippen molar-refractivity contribution in [3.63, 3.8) is 0 Å². The first kappa shape index (κ1) is 14.3. The monoisotopic (exact) mass is 292 g/mol. The number of sulfone groups is 1. The van der Waals surface area contributed by atoms with Crippen LogP contribution in [0.1, 0.15) is 11.1 Å². The van der Waals surface area contributed by atoms with E-state index in [0.29, 0.717) is 11.4 Å². The van der Waals surface area contributed by atoms with Crippen molar-refractivity contribution >= 4 is 15.5 Å². The van der Waals surface area contributed by atoms with Gasteiger partial charge >= 0.3 is 0 Å². The van der Waals surface area contributed by atoms with Crippen LogP contribution in [0.3, 0.4) is 0 Å². The Morgan fingerprint density at radius 2 is 1.90 bits per heavy atom. The van der Waals surface area contributed by atoms with Crippen molar-refractivity contribution < 1.29 is 13.2 Å². The summed E-state index contributed by atoms with van der Waals surface area (Å²) in [5.41, 5.74) is 8.16. The molecule has 6 heteroatoms. The molecule has 0 saturated heterocycles. The number of hydrogen-bond donors (Lipinski definition) is 1. The SMILES string of the molecule is Cc1cc(Oc2ncccc2S(C)(=O)=O)c(C)cc1N.